The molecule has 0 radical (unpaired) electrons. The molecule has 3 rings (SSSR count). The smallest absolute Gasteiger partial charge is 0.190 e. The van der Waals surface area contributed by atoms with E-state index in [0.717, 1.165) is 32.0 Å². The van der Waals surface area contributed by atoms with E-state index in [4.69, 9.17) is 0 Å². The number of aromatic nitrogens is 2. The van der Waals surface area contributed by atoms with Gasteiger partial charge in [-0.1, -0.05) is 24.3 Å². The first-order valence-corrected chi connectivity index (χ1v) is 8.86. The van der Waals surface area contributed by atoms with Crippen molar-refractivity contribution >= 4 is 5.96 Å². The fourth-order valence-corrected chi connectivity index (χ4v) is 3.39. The van der Waals surface area contributed by atoms with E-state index >= 15 is 0 Å². The Morgan fingerprint density at radius 1 is 1.29 bits per heavy atom. The Hall–Kier alpha value is -2.30. The van der Waals surface area contributed by atoms with Crippen LogP contribution in [0.5, 0.6) is 0 Å². The lowest BCUT2D eigenvalue weighted by Gasteiger charge is -2.26. The number of fused-ring (bicyclic) bond motifs is 1. The zero-order chi connectivity index (χ0) is 16.6. The van der Waals surface area contributed by atoms with Crippen molar-refractivity contribution in [3.05, 3.63) is 53.9 Å². The molecule has 24 heavy (non-hydrogen) atoms. The molecule has 1 atom stereocenters. The lowest BCUT2D eigenvalue weighted by atomic mass is 9.83. The molecule has 1 aliphatic carbocycles. The van der Waals surface area contributed by atoms with E-state index in [1.807, 2.05) is 30.2 Å². The first-order valence-electron chi connectivity index (χ1n) is 8.86. The van der Waals surface area contributed by atoms with Gasteiger partial charge in [0.1, 0.15) is 0 Å². The molecule has 1 aromatic carbocycles. The minimum atomic E-state index is 0.581. The van der Waals surface area contributed by atoms with Gasteiger partial charge >= 0.3 is 0 Å². The molecule has 0 spiro atoms. The average molecular weight is 325 g/mol. The minimum absolute atomic E-state index is 0.581. The molecule has 1 aliphatic rings. The number of aryl methyl sites for hydroxylation is 2. The van der Waals surface area contributed by atoms with Gasteiger partial charge in [0.25, 0.3) is 0 Å². The third-order valence-corrected chi connectivity index (χ3v) is 4.65. The fraction of sp³-hybridized carbons (Fsp3) is 0.474. The SMILES string of the molecule is CN=C(NCCCn1cccn1)NCC1CCCc2ccccc21. The maximum absolute atomic E-state index is 4.33. The second-order valence-corrected chi connectivity index (χ2v) is 6.29. The van der Waals surface area contributed by atoms with Crippen molar-refractivity contribution in [2.24, 2.45) is 4.99 Å². The van der Waals surface area contributed by atoms with Crippen LogP contribution in [0, 0.1) is 0 Å². The molecule has 0 aliphatic heterocycles. The molecule has 0 bridgehead atoms. The van der Waals surface area contributed by atoms with E-state index in [-0.39, 0.29) is 0 Å². The van der Waals surface area contributed by atoms with Crippen LogP contribution in [-0.4, -0.2) is 35.9 Å². The van der Waals surface area contributed by atoms with Crippen molar-refractivity contribution in [3.63, 3.8) is 0 Å². The highest BCUT2D eigenvalue weighted by Crippen LogP contribution is 2.30. The second kappa shape index (κ2) is 8.52. The first kappa shape index (κ1) is 16.6. The summed E-state index contributed by atoms with van der Waals surface area (Å²) in [5, 5.41) is 11.1. The predicted molar refractivity (Wildman–Crippen MR) is 98.3 cm³/mol. The summed E-state index contributed by atoms with van der Waals surface area (Å²) in [6, 6.07) is 10.8. The Labute approximate surface area is 144 Å². The lowest BCUT2D eigenvalue weighted by Crippen LogP contribution is -2.40. The van der Waals surface area contributed by atoms with Gasteiger partial charge in [0.05, 0.1) is 0 Å². The monoisotopic (exact) mass is 325 g/mol. The quantitative estimate of drug-likeness (QED) is 0.487. The zero-order valence-corrected chi connectivity index (χ0v) is 14.4. The van der Waals surface area contributed by atoms with Gasteiger partial charge in [-0.05, 0) is 42.9 Å². The zero-order valence-electron chi connectivity index (χ0n) is 14.4. The third-order valence-electron chi connectivity index (χ3n) is 4.65. The third kappa shape index (κ3) is 4.37. The van der Waals surface area contributed by atoms with Crippen LogP contribution in [0.4, 0.5) is 0 Å². The molecule has 0 fully saturated rings. The normalized spacial score (nSPS) is 17.4. The topological polar surface area (TPSA) is 54.2 Å². The van der Waals surface area contributed by atoms with Gasteiger partial charge in [-0.25, -0.2) is 0 Å². The van der Waals surface area contributed by atoms with Crippen molar-refractivity contribution in [1.82, 2.24) is 20.4 Å². The molecule has 5 nitrogen and oxygen atoms in total. The summed E-state index contributed by atoms with van der Waals surface area (Å²) in [6.45, 7) is 2.75. The van der Waals surface area contributed by atoms with Crippen LogP contribution in [-0.2, 0) is 13.0 Å². The number of nitrogens with zero attached hydrogens (tertiary/aromatic N) is 3. The lowest BCUT2D eigenvalue weighted by molar-refractivity contribution is 0.536. The van der Waals surface area contributed by atoms with E-state index in [2.05, 4.69) is 45.0 Å². The summed E-state index contributed by atoms with van der Waals surface area (Å²) in [5.41, 5.74) is 3.02. The van der Waals surface area contributed by atoms with E-state index < -0.39 is 0 Å². The summed E-state index contributed by atoms with van der Waals surface area (Å²) in [5.74, 6) is 1.47. The maximum atomic E-state index is 4.33. The highest BCUT2D eigenvalue weighted by molar-refractivity contribution is 5.79. The van der Waals surface area contributed by atoms with Crippen LogP contribution in [0.2, 0.25) is 0 Å². The van der Waals surface area contributed by atoms with Crippen molar-refractivity contribution in [2.75, 3.05) is 20.1 Å². The standard InChI is InChI=1S/C19H27N5/c1-20-19(21-11-5-13-24-14-6-12-23-24)22-15-17-9-4-8-16-7-2-3-10-18(16)17/h2-3,6-7,10,12,14,17H,4-5,8-9,11,13,15H2,1H3,(H2,20,21,22). The van der Waals surface area contributed by atoms with Gasteiger partial charge in [-0.15, -0.1) is 0 Å². The summed E-state index contributed by atoms with van der Waals surface area (Å²) < 4.78 is 1.96. The number of hydrogen-bond donors (Lipinski definition) is 2. The second-order valence-electron chi connectivity index (χ2n) is 6.29. The molecule has 1 aromatic heterocycles. The van der Waals surface area contributed by atoms with E-state index in [9.17, 15) is 0 Å². The van der Waals surface area contributed by atoms with Crippen molar-refractivity contribution in [2.45, 2.75) is 38.1 Å². The van der Waals surface area contributed by atoms with E-state index in [0.29, 0.717) is 5.92 Å². The number of benzene rings is 1. The molecule has 0 saturated carbocycles. The van der Waals surface area contributed by atoms with Gasteiger partial charge in [0.2, 0.25) is 0 Å². The molecule has 5 heteroatoms. The Balaban J connectivity index is 1.43. The van der Waals surface area contributed by atoms with Crippen LogP contribution < -0.4 is 10.6 Å². The first-order chi connectivity index (χ1) is 11.9. The Morgan fingerprint density at radius 2 is 2.21 bits per heavy atom. The van der Waals surface area contributed by atoms with Gasteiger partial charge < -0.3 is 10.6 Å². The molecular weight excluding hydrogens is 298 g/mol. The molecule has 2 N–H and O–H groups in total. The molecule has 0 amide bonds. The predicted octanol–water partition coefficient (Wildman–Crippen LogP) is 2.56. The molecular formula is C19H27N5. The number of rotatable bonds is 6. The largest absolute Gasteiger partial charge is 0.356 e. The molecule has 2 aromatic rings. The Bertz CT molecular complexity index is 648. The summed E-state index contributed by atoms with van der Waals surface area (Å²) in [7, 11) is 1.83. The van der Waals surface area contributed by atoms with Crippen LogP contribution >= 0.6 is 0 Å². The number of guanidine groups is 1. The van der Waals surface area contributed by atoms with Gasteiger partial charge in [-0.3, -0.25) is 9.67 Å². The molecule has 1 unspecified atom stereocenters. The highest BCUT2D eigenvalue weighted by Gasteiger charge is 2.19. The Morgan fingerprint density at radius 3 is 3.04 bits per heavy atom. The van der Waals surface area contributed by atoms with Gasteiger partial charge in [0.15, 0.2) is 5.96 Å². The maximum Gasteiger partial charge on any atom is 0.190 e. The number of nitrogens with one attached hydrogen (secondary N) is 2. The Kier molecular flexibility index (Phi) is 5.88. The summed E-state index contributed by atoms with van der Waals surface area (Å²) >= 11 is 0. The number of aliphatic imine (C=N–C) groups is 1. The summed E-state index contributed by atoms with van der Waals surface area (Å²) in [4.78, 5) is 4.33. The van der Waals surface area contributed by atoms with Crippen molar-refractivity contribution in [1.29, 1.82) is 0 Å². The van der Waals surface area contributed by atoms with Gasteiger partial charge in [0, 0.05) is 45.0 Å². The average Bonchev–Trinajstić information content (AvgIpc) is 3.14. The van der Waals surface area contributed by atoms with Crippen LogP contribution in [0.1, 0.15) is 36.3 Å². The van der Waals surface area contributed by atoms with E-state index in [1.54, 1.807) is 0 Å². The van der Waals surface area contributed by atoms with Crippen LogP contribution in [0.25, 0.3) is 0 Å². The fourth-order valence-electron chi connectivity index (χ4n) is 3.39. The minimum Gasteiger partial charge on any atom is -0.356 e. The number of hydrogen-bond acceptors (Lipinski definition) is 2. The van der Waals surface area contributed by atoms with E-state index in [1.165, 1.54) is 30.4 Å². The summed E-state index contributed by atoms with van der Waals surface area (Å²) in [6.07, 6.45) is 8.57. The van der Waals surface area contributed by atoms with Crippen molar-refractivity contribution in [3.8, 4) is 0 Å². The highest BCUT2D eigenvalue weighted by atomic mass is 15.3. The van der Waals surface area contributed by atoms with Crippen LogP contribution in [0.3, 0.4) is 0 Å². The van der Waals surface area contributed by atoms with Gasteiger partial charge in [-0.2, -0.15) is 5.10 Å². The molecule has 0 saturated heterocycles. The molecule has 1 heterocycles. The molecule has 128 valence electrons. The van der Waals surface area contributed by atoms with Crippen LogP contribution in [0.15, 0.2) is 47.7 Å². The van der Waals surface area contributed by atoms with Crippen molar-refractivity contribution < 1.29 is 0 Å².